The van der Waals surface area contributed by atoms with Gasteiger partial charge in [0.2, 0.25) is 5.91 Å². The average Bonchev–Trinajstić information content (AvgIpc) is 3.02. The molecular weight excluding hydrogens is 260 g/mol. The molecule has 1 atom stereocenters. The molecule has 0 saturated carbocycles. The maximum Gasteiger partial charge on any atom is 0.250 e. The molecule has 0 spiro atoms. The summed E-state index contributed by atoms with van der Waals surface area (Å²) in [6.45, 7) is 1.65. The minimum absolute atomic E-state index is 0.0311. The first-order valence-electron chi connectivity index (χ1n) is 7.55. The van der Waals surface area contributed by atoms with Crippen LogP contribution in [0.4, 0.5) is 11.4 Å². The van der Waals surface area contributed by atoms with Gasteiger partial charge in [0, 0.05) is 6.54 Å². The smallest absolute Gasteiger partial charge is 0.250 e. The van der Waals surface area contributed by atoms with E-state index in [0.29, 0.717) is 6.54 Å². The van der Waals surface area contributed by atoms with Gasteiger partial charge in [0.25, 0.3) is 0 Å². The van der Waals surface area contributed by atoms with E-state index in [-0.39, 0.29) is 11.9 Å². The van der Waals surface area contributed by atoms with Gasteiger partial charge in [0.1, 0.15) is 6.04 Å². The van der Waals surface area contributed by atoms with E-state index in [9.17, 15) is 4.79 Å². The Morgan fingerprint density at radius 2 is 1.67 bits per heavy atom. The lowest BCUT2D eigenvalue weighted by molar-refractivity contribution is -0.120. The zero-order valence-electron chi connectivity index (χ0n) is 11.9. The van der Waals surface area contributed by atoms with Crippen molar-refractivity contribution < 1.29 is 4.79 Å². The van der Waals surface area contributed by atoms with E-state index in [1.54, 1.807) is 0 Å². The molecule has 0 aliphatic carbocycles. The van der Waals surface area contributed by atoms with E-state index >= 15 is 0 Å². The SMILES string of the molecule is O=C1C2CCCN2c2ccccc2N1Cc1ccccc1. The van der Waals surface area contributed by atoms with Gasteiger partial charge in [0.05, 0.1) is 17.9 Å². The number of rotatable bonds is 2. The molecule has 106 valence electrons. The normalized spacial score (nSPS) is 20.4. The fourth-order valence-corrected chi connectivity index (χ4v) is 3.47. The Morgan fingerprint density at radius 3 is 2.48 bits per heavy atom. The molecule has 1 saturated heterocycles. The van der Waals surface area contributed by atoms with Gasteiger partial charge in [-0.2, -0.15) is 0 Å². The van der Waals surface area contributed by atoms with Gasteiger partial charge < -0.3 is 9.80 Å². The minimum Gasteiger partial charge on any atom is -0.358 e. The number of benzene rings is 2. The third kappa shape index (κ3) is 2.00. The number of hydrogen-bond donors (Lipinski definition) is 0. The summed E-state index contributed by atoms with van der Waals surface area (Å²) in [5, 5.41) is 0. The molecule has 21 heavy (non-hydrogen) atoms. The number of para-hydroxylation sites is 2. The number of hydrogen-bond acceptors (Lipinski definition) is 2. The highest BCUT2D eigenvalue weighted by Crippen LogP contribution is 2.40. The van der Waals surface area contributed by atoms with Crippen LogP contribution in [0, 0.1) is 0 Å². The van der Waals surface area contributed by atoms with Crippen molar-refractivity contribution in [1.82, 2.24) is 0 Å². The van der Waals surface area contributed by atoms with Gasteiger partial charge in [-0.25, -0.2) is 0 Å². The quantitative estimate of drug-likeness (QED) is 0.842. The molecule has 2 aromatic carbocycles. The van der Waals surface area contributed by atoms with Crippen molar-refractivity contribution in [3.8, 4) is 0 Å². The van der Waals surface area contributed by atoms with E-state index in [2.05, 4.69) is 35.2 Å². The molecule has 2 heterocycles. The standard InChI is InChI=1S/C18H18N2O/c21-18-17-11-6-12-19(17)15-9-4-5-10-16(15)20(18)13-14-7-2-1-3-8-14/h1-5,7-10,17H,6,11-13H2. The summed E-state index contributed by atoms with van der Waals surface area (Å²) < 4.78 is 0. The number of anilines is 2. The van der Waals surface area contributed by atoms with Crippen LogP contribution in [-0.2, 0) is 11.3 Å². The summed E-state index contributed by atoms with van der Waals surface area (Å²) in [6.07, 6.45) is 2.07. The number of carbonyl (C=O) groups excluding carboxylic acids is 1. The molecular formula is C18H18N2O. The molecule has 0 N–H and O–H groups in total. The highest BCUT2D eigenvalue weighted by Gasteiger charge is 2.40. The Balaban J connectivity index is 1.76. The number of amides is 1. The first-order chi connectivity index (χ1) is 10.3. The summed E-state index contributed by atoms with van der Waals surface area (Å²) in [6, 6.07) is 18.5. The van der Waals surface area contributed by atoms with Crippen LogP contribution in [0.15, 0.2) is 54.6 Å². The minimum atomic E-state index is 0.0311. The zero-order chi connectivity index (χ0) is 14.2. The third-order valence-electron chi connectivity index (χ3n) is 4.47. The summed E-state index contributed by atoms with van der Waals surface area (Å²) in [5.74, 6) is 0.245. The van der Waals surface area contributed by atoms with E-state index in [1.165, 1.54) is 11.3 Å². The van der Waals surface area contributed by atoms with E-state index in [0.717, 1.165) is 25.1 Å². The van der Waals surface area contributed by atoms with Crippen molar-refractivity contribution >= 4 is 17.3 Å². The van der Waals surface area contributed by atoms with Crippen LogP contribution in [0.1, 0.15) is 18.4 Å². The first kappa shape index (κ1) is 12.5. The molecule has 2 aliphatic heterocycles. The largest absolute Gasteiger partial charge is 0.358 e. The van der Waals surface area contributed by atoms with Crippen molar-refractivity contribution in [1.29, 1.82) is 0 Å². The van der Waals surface area contributed by atoms with Crippen LogP contribution < -0.4 is 9.80 Å². The maximum absolute atomic E-state index is 12.9. The Morgan fingerprint density at radius 1 is 0.952 bits per heavy atom. The van der Waals surface area contributed by atoms with Crippen molar-refractivity contribution in [3.05, 3.63) is 60.2 Å². The van der Waals surface area contributed by atoms with Gasteiger partial charge in [0.15, 0.2) is 0 Å². The van der Waals surface area contributed by atoms with Gasteiger partial charge in [-0.05, 0) is 30.5 Å². The molecule has 4 rings (SSSR count). The van der Waals surface area contributed by atoms with Crippen LogP contribution >= 0.6 is 0 Å². The van der Waals surface area contributed by atoms with Gasteiger partial charge >= 0.3 is 0 Å². The maximum atomic E-state index is 12.9. The second-order valence-corrected chi connectivity index (χ2v) is 5.75. The number of carbonyl (C=O) groups is 1. The molecule has 2 aromatic rings. The number of fused-ring (bicyclic) bond motifs is 3. The fraction of sp³-hybridized carbons (Fsp3) is 0.278. The highest BCUT2D eigenvalue weighted by molar-refractivity contribution is 6.05. The summed E-state index contributed by atoms with van der Waals surface area (Å²) in [7, 11) is 0. The van der Waals surface area contributed by atoms with E-state index in [4.69, 9.17) is 0 Å². The Hall–Kier alpha value is -2.29. The van der Waals surface area contributed by atoms with Crippen LogP contribution in [0.5, 0.6) is 0 Å². The van der Waals surface area contributed by atoms with Gasteiger partial charge in [-0.3, -0.25) is 4.79 Å². The molecule has 1 amide bonds. The monoisotopic (exact) mass is 278 g/mol. The van der Waals surface area contributed by atoms with Crippen LogP contribution in [0.25, 0.3) is 0 Å². The molecule has 2 aliphatic rings. The highest BCUT2D eigenvalue weighted by atomic mass is 16.2. The van der Waals surface area contributed by atoms with E-state index in [1.807, 2.05) is 29.2 Å². The molecule has 0 aromatic heterocycles. The first-order valence-corrected chi connectivity index (χ1v) is 7.55. The summed E-state index contributed by atoms with van der Waals surface area (Å²) in [5.41, 5.74) is 3.42. The van der Waals surface area contributed by atoms with Crippen LogP contribution in [0.2, 0.25) is 0 Å². The lowest BCUT2D eigenvalue weighted by Crippen LogP contribution is -2.50. The van der Waals surface area contributed by atoms with E-state index < -0.39 is 0 Å². The lowest BCUT2D eigenvalue weighted by atomic mass is 10.1. The third-order valence-corrected chi connectivity index (χ3v) is 4.47. The Bertz CT molecular complexity index is 668. The lowest BCUT2D eigenvalue weighted by Gasteiger charge is -2.39. The number of nitrogens with zero attached hydrogens (tertiary/aromatic N) is 2. The van der Waals surface area contributed by atoms with Gasteiger partial charge in [-0.15, -0.1) is 0 Å². The van der Waals surface area contributed by atoms with Crippen molar-refractivity contribution in [2.75, 3.05) is 16.3 Å². The van der Waals surface area contributed by atoms with Gasteiger partial charge in [-0.1, -0.05) is 42.5 Å². The molecule has 3 nitrogen and oxygen atoms in total. The molecule has 1 unspecified atom stereocenters. The predicted octanol–water partition coefficient (Wildman–Crippen LogP) is 3.20. The van der Waals surface area contributed by atoms with Crippen molar-refractivity contribution in [2.45, 2.75) is 25.4 Å². The molecule has 0 radical (unpaired) electrons. The Kier molecular flexibility index (Phi) is 2.92. The Labute approximate surface area is 124 Å². The summed E-state index contributed by atoms with van der Waals surface area (Å²) in [4.78, 5) is 17.1. The fourth-order valence-electron chi connectivity index (χ4n) is 3.47. The molecule has 3 heteroatoms. The van der Waals surface area contributed by atoms with Crippen LogP contribution in [0.3, 0.4) is 0 Å². The zero-order valence-corrected chi connectivity index (χ0v) is 11.9. The van der Waals surface area contributed by atoms with Crippen molar-refractivity contribution in [2.24, 2.45) is 0 Å². The van der Waals surface area contributed by atoms with Crippen LogP contribution in [-0.4, -0.2) is 18.5 Å². The topological polar surface area (TPSA) is 23.6 Å². The second kappa shape index (κ2) is 4.92. The summed E-state index contributed by atoms with van der Waals surface area (Å²) >= 11 is 0. The molecule has 0 bridgehead atoms. The second-order valence-electron chi connectivity index (χ2n) is 5.75. The predicted molar refractivity (Wildman–Crippen MR) is 84.4 cm³/mol. The van der Waals surface area contributed by atoms with Crippen molar-refractivity contribution in [3.63, 3.8) is 0 Å². The molecule has 1 fully saturated rings. The average molecular weight is 278 g/mol.